The second kappa shape index (κ2) is 13.5. The van der Waals surface area contributed by atoms with Crippen LogP contribution in [-0.2, 0) is 35.2 Å². The number of fused-ring (bicyclic) bond motifs is 2. The predicted molar refractivity (Wildman–Crippen MR) is 178 cm³/mol. The Labute approximate surface area is 268 Å². The van der Waals surface area contributed by atoms with Crippen LogP contribution in [-0.4, -0.2) is 43.3 Å². The van der Waals surface area contributed by atoms with Gasteiger partial charge in [-0.3, -0.25) is 14.4 Å². The molecule has 3 atom stereocenters. The van der Waals surface area contributed by atoms with Gasteiger partial charge >= 0.3 is 17.9 Å². The van der Waals surface area contributed by atoms with Crippen molar-refractivity contribution in [2.75, 3.05) is 20.3 Å². The Hall–Kier alpha value is -3.45. The third kappa shape index (κ3) is 8.04. The fourth-order valence-corrected chi connectivity index (χ4v) is 6.99. The number of rotatable bonds is 12. The predicted octanol–water partition coefficient (Wildman–Crippen LogP) is 8.03. The third-order valence-corrected chi connectivity index (χ3v) is 9.28. The first-order valence-corrected chi connectivity index (χ1v) is 15.7. The first-order chi connectivity index (χ1) is 20.8. The number of aliphatic hydroxyl groups excluding tert-OH is 1. The summed E-state index contributed by atoms with van der Waals surface area (Å²) >= 11 is 0. The maximum Gasteiger partial charge on any atom is 0.312 e. The molecule has 0 aliphatic rings. The van der Waals surface area contributed by atoms with Crippen LogP contribution < -0.4 is 0 Å². The Balaban J connectivity index is 2.07. The Bertz CT molecular complexity index is 1470. The number of carbonyl (C=O) groups is 3. The van der Waals surface area contributed by atoms with E-state index in [0.29, 0.717) is 6.42 Å². The molecule has 0 radical (unpaired) electrons. The zero-order chi connectivity index (χ0) is 33.8. The topological polar surface area (TPSA) is 99.1 Å². The standard InChI is InChI=1S/C38H52O7/c1-34(2,3)23-36(7,31(40)43-10)24-37(8,32(41)44-20-19-39)25-38(9,35(4,5)6)33(42)45-22-30-28-17-13-11-15-26(28)21-27-16-12-14-18-29(27)30/h11-18,21,39H,19-20,22-25H2,1-10H3. The summed E-state index contributed by atoms with van der Waals surface area (Å²) in [4.78, 5) is 41.5. The summed E-state index contributed by atoms with van der Waals surface area (Å²) < 4.78 is 17.0. The Kier molecular flexibility index (Phi) is 10.8. The molecule has 0 aromatic heterocycles. The summed E-state index contributed by atoms with van der Waals surface area (Å²) in [6, 6.07) is 18.2. The van der Waals surface area contributed by atoms with Crippen molar-refractivity contribution >= 4 is 39.5 Å². The van der Waals surface area contributed by atoms with E-state index in [2.05, 4.69) is 6.07 Å². The van der Waals surface area contributed by atoms with Gasteiger partial charge in [0, 0.05) is 5.56 Å². The van der Waals surface area contributed by atoms with Crippen molar-refractivity contribution in [3.63, 3.8) is 0 Å². The van der Waals surface area contributed by atoms with E-state index in [0.717, 1.165) is 27.1 Å². The number of aliphatic hydroxyl groups is 1. The van der Waals surface area contributed by atoms with Crippen molar-refractivity contribution in [3.8, 4) is 0 Å². The Morgan fingerprint density at radius 2 is 1.18 bits per heavy atom. The number of benzene rings is 3. The molecule has 7 nitrogen and oxygen atoms in total. The van der Waals surface area contributed by atoms with Gasteiger partial charge in [0.1, 0.15) is 13.2 Å². The molecular formula is C38H52O7. The van der Waals surface area contributed by atoms with Gasteiger partial charge in [0.15, 0.2) is 0 Å². The highest BCUT2D eigenvalue weighted by Gasteiger charge is 2.55. The SMILES string of the molecule is COC(=O)C(C)(CC(C)(C)C)CC(C)(CC(C)(C(=O)OCc1c2ccccc2cc2ccccc12)C(C)(C)C)C(=O)OCCO. The first kappa shape index (κ1) is 36.0. The van der Waals surface area contributed by atoms with Crippen molar-refractivity contribution < 1.29 is 33.7 Å². The van der Waals surface area contributed by atoms with Gasteiger partial charge in [0.05, 0.1) is 30.0 Å². The van der Waals surface area contributed by atoms with Gasteiger partial charge in [0.25, 0.3) is 0 Å². The molecule has 246 valence electrons. The van der Waals surface area contributed by atoms with Crippen LogP contribution in [0.15, 0.2) is 54.6 Å². The van der Waals surface area contributed by atoms with E-state index in [9.17, 15) is 19.5 Å². The molecule has 0 amide bonds. The van der Waals surface area contributed by atoms with Crippen molar-refractivity contribution in [3.05, 3.63) is 60.2 Å². The molecule has 0 aliphatic heterocycles. The lowest BCUT2D eigenvalue weighted by atomic mass is 9.57. The highest BCUT2D eigenvalue weighted by Crippen LogP contribution is 2.53. The van der Waals surface area contributed by atoms with E-state index in [-0.39, 0.29) is 38.1 Å². The summed E-state index contributed by atoms with van der Waals surface area (Å²) in [6.45, 7) is 16.9. The van der Waals surface area contributed by atoms with E-state index >= 15 is 0 Å². The van der Waals surface area contributed by atoms with Crippen LogP contribution in [0.2, 0.25) is 0 Å². The van der Waals surface area contributed by atoms with Crippen LogP contribution in [0.5, 0.6) is 0 Å². The van der Waals surface area contributed by atoms with E-state index in [1.807, 2.05) is 97.0 Å². The van der Waals surface area contributed by atoms with Crippen LogP contribution in [0.25, 0.3) is 21.5 Å². The van der Waals surface area contributed by atoms with E-state index in [1.165, 1.54) is 7.11 Å². The highest BCUT2D eigenvalue weighted by atomic mass is 16.5. The molecule has 3 rings (SSSR count). The number of esters is 3. The second-order valence-corrected chi connectivity index (χ2v) is 15.5. The molecule has 0 spiro atoms. The number of hydrogen-bond donors (Lipinski definition) is 1. The maximum absolute atomic E-state index is 14.3. The lowest BCUT2D eigenvalue weighted by Crippen LogP contribution is -2.50. The first-order valence-electron chi connectivity index (χ1n) is 15.7. The molecule has 0 aliphatic carbocycles. The van der Waals surface area contributed by atoms with Gasteiger partial charge in [0.2, 0.25) is 0 Å². The Morgan fingerprint density at radius 3 is 1.64 bits per heavy atom. The second-order valence-electron chi connectivity index (χ2n) is 15.5. The van der Waals surface area contributed by atoms with Gasteiger partial charge in [-0.1, -0.05) is 90.1 Å². The minimum Gasteiger partial charge on any atom is -0.469 e. The molecule has 0 heterocycles. The molecule has 0 saturated heterocycles. The summed E-state index contributed by atoms with van der Waals surface area (Å²) in [5, 5.41) is 13.6. The van der Waals surface area contributed by atoms with Gasteiger partial charge in [-0.15, -0.1) is 0 Å². The Morgan fingerprint density at radius 1 is 0.667 bits per heavy atom. The molecule has 3 unspecified atom stereocenters. The van der Waals surface area contributed by atoms with Gasteiger partial charge in [-0.2, -0.15) is 0 Å². The minimum atomic E-state index is -1.30. The minimum absolute atomic E-state index is 0.0552. The van der Waals surface area contributed by atoms with Gasteiger partial charge in [-0.05, 0) is 78.5 Å². The molecule has 3 aromatic carbocycles. The fourth-order valence-electron chi connectivity index (χ4n) is 6.99. The zero-order valence-corrected chi connectivity index (χ0v) is 28.8. The van der Waals surface area contributed by atoms with Crippen LogP contribution >= 0.6 is 0 Å². The normalized spacial score (nSPS) is 16.3. The fraction of sp³-hybridized carbons (Fsp3) is 0.553. The van der Waals surface area contributed by atoms with E-state index in [4.69, 9.17) is 14.2 Å². The van der Waals surface area contributed by atoms with Crippen LogP contribution in [0, 0.1) is 27.1 Å². The quantitative estimate of drug-likeness (QED) is 0.124. The van der Waals surface area contributed by atoms with Gasteiger partial charge < -0.3 is 19.3 Å². The summed E-state index contributed by atoms with van der Waals surface area (Å²) in [5.41, 5.74) is -3.50. The van der Waals surface area contributed by atoms with Crippen molar-refractivity contribution in [2.45, 2.75) is 88.2 Å². The molecule has 45 heavy (non-hydrogen) atoms. The maximum atomic E-state index is 14.3. The zero-order valence-electron chi connectivity index (χ0n) is 28.8. The lowest BCUT2D eigenvalue weighted by Gasteiger charge is -2.46. The molecule has 0 saturated carbocycles. The van der Waals surface area contributed by atoms with Crippen LogP contribution in [0.1, 0.15) is 87.1 Å². The van der Waals surface area contributed by atoms with Crippen molar-refractivity contribution in [2.24, 2.45) is 27.1 Å². The smallest absolute Gasteiger partial charge is 0.312 e. The highest BCUT2D eigenvalue weighted by molar-refractivity contribution is 6.02. The lowest BCUT2D eigenvalue weighted by molar-refractivity contribution is -0.175. The monoisotopic (exact) mass is 620 g/mol. The molecule has 0 fully saturated rings. The average Bonchev–Trinajstić information content (AvgIpc) is 2.95. The average molecular weight is 621 g/mol. The molecule has 7 heteroatoms. The third-order valence-electron chi connectivity index (χ3n) is 9.28. The van der Waals surface area contributed by atoms with E-state index < -0.39 is 39.6 Å². The number of ether oxygens (including phenoxy) is 3. The largest absolute Gasteiger partial charge is 0.469 e. The summed E-state index contributed by atoms with van der Waals surface area (Å²) in [5.74, 6) is -1.45. The van der Waals surface area contributed by atoms with Gasteiger partial charge in [-0.25, -0.2) is 0 Å². The summed E-state index contributed by atoms with van der Waals surface area (Å²) in [6.07, 6.45) is 0.584. The number of methoxy groups -OCH3 is 1. The number of hydrogen-bond acceptors (Lipinski definition) is 7. The molecule has 3 aromatic rings. The van der Waals surface area contributed by atoms with E-state index in [1.54, 1.807) is 13.8 Å². The van der Waals surface area contributed by atoms with Crippen LogP contribution in [0.4, 0.5) is 0 Å². The van der Waals surface area contributed by atoms with Crippen molar-refractivity contribution in [1.29, 1.82) is 0 Å². The number of carbonyl (C=O) groups excluding carboxylic acids is 3. The van der Waals surface area contributed by atoms with Crippen LogP contribution in [0.3, 0.4) is 0 Å². The molecule has 0 bridgehead atoms. The summed E-state index contributed by atoms with van der Waals surface area (Å²) in [7, 11) is 1.35. The molecular weight excluding hydrogens is 568 g/mol. The molecule has 1 N–H and O–H groups in total. The van der Waals surface area contributed by atoms with Crippen molar-refractivity contribution in [1.82, 2.24) is 0 Å².